The van der Waals surface area contributed by atoms with E-state index in [1.165, 1.54) is 48.7 Å². The van der Waals surface area contributed by atoms with Crippen molar-refractivity contribution in [1.29, 1.82) is 0 Å². The average Bonchev–Trinajstić information content (AvgIpc) is 3.21. The van der Waals surface area contributed by atoms with Crippen LogP contribution in [0.5, 0.6) is 0 Å². The average molecular weight is 468 g/mol. The number of carbonyl (C=O) groups excluding carboxylic acids is 1. The van der Waals surface area contributed by atoms with Gasteiger partial charge in [0.05, 0.1) is 18.8 Å². The van der Waals surface area contributed by atoms with E-state index in [1.807, 2.05) is 18.2 Å². The Balaban J connectivity index is 1.43. The molecule has 3 aromatic rings. The van der Waals surface area contributed by atoms with Crippen LogP contribution in [0.2, 0.25) is 0 Å². The molecule has 1 amide bonds. The first-order valence-corrected chi connectivity index (χ1v) is 12.4. The lowest BCUT2D eigenvalue weighted by atomic mass is 10.1. The molecule has 0 saturated carbocycles. The van der Waals surface area contributed by atoms with Gasteiger partial charge in [0, 0.05) is 13.6 Å². The first-order chi connectivity index (χ1) is 16.1. The minimum atomic E-state index is -0.276. The van der Waals surface area contributed by atoms with Crippen molar-refractivity contribution in [3.8, 4) is 0 Å². The zero-order valence-electron chi connectivity index (χ0n) is 19.0. The molecule has 174 valence electrons. The molecule has 0 bridgehead atoms. The van der Waals surface area contributed by atoms with E-state index in [-0.39, 0.29) is 17.5 Å². The lowest BCUT2D eigenvalue weighted by Crippen LogP contribution is -2.30. The van der Waals surface area contributed by atoms with Crippen molar-refractivity contribution in [3.05, 3.63) is 77.4 Å². The number of halogens is 1. The third kappa shape index (κ3) is 6.65. The second kappa shape index (κ2) is 11.4. The summed E-state index contributed by atoms with van der Waals surface area (Å²) in [4.78, 5) is 16.8. The number of hydrogen-bond donors (Lipinski definition) is 0. The number of carbonyl (C=O) groups is 1. The van der Waals surface area contributed by atoms with Gasteiger partial charge in [0.2, 0.25) is 5.91 Å². The zero-order valence-corrected chi connectivity index (χ0v) is 19.8. The van der Waals surface area contributed by atoms with Crippen molar-refractivity contribution < 1.29 is 9.18 Å². The molecule has 0 N–H and O–H groups in total. The van der Waals surface area contributed by atoms with Crippen LogP contribution in [0, 0.1) is 5.82 Å². The van der Waals surface area contributed by atoms with Crippen LogP contribution in [0.15, 0.2) is 59.8 Å². The van der Waals surface area contributed by atoms with E-state index in [9.17, 15) is 9.18 Å². The highest BCUT2D eigenvalue weighted by Gasteiger charge is 2.19. The summed E-state index contributed by atoms with van der Waals surface area (Å²) in [7, 11) is 1.77. The summed E-state index contributed by atoms with van der Waals surface area (Å²) in [6.45, 7) is 4.08. The normalized spacial score (nSPS) is 14.4. The standard InChI is InChI=1S/C25H30FN5OS/c1-29(16-21-10-12-22(26)13-11-21)24(32)19-33-25-28-27-23(18-30-14-6-3-7-15-30)31(25)17-20-8-4-2-5-9-20/h2,4-5,8-13H,3,6-7,14-19H2,1H3. The van der Waals surface area contributed by atoms with Gasteiger partial charge < -0.3 is 9.47 Å². The first kappa shape index (κ1) is 23.4. The van der Waals surface area contributed by atoms with Crippen molar-refractivity contribution in [2.75, 3.05) is 25.9 Å². The van der Waals surface area contributed by atoms with E-state index >= 15 is 0 Å². The maximum absolute atomic E-state index is 13.1. The highest BCUT2D eigenvalue weighted by molar-refractivity contribution is 7.99. The van der Waals surface area contributed by atoms with Gasteiger partial charge in [-0.1, -0.05) is 60.6 Å². The summed E-state index contributed by atoms with van der Waals surface area (Å²) < 4.78 is 15.3. The van der Waals surface area contributed by atoms with E-state index in [0.717, 1.165) is 36.2 Å². The number of aromatic nitrogens is 3. The van der Waals surface area contributed by atoms with Crippen LogP contribution in [0.4, 0.5) is 4.39 Å². The van der Waals surface area contributed by atoms with Crippen LogP contribution in [0.3, 0.4) is 0 Å². The summed E-state index contributed by atoms with van der Waals surface area (Å²) >= 11 is 1.42. The van der Waals surface area contributed by atoms with E-state index in [1.54, 1.807) is 24.1 Å². The van der Waals surface area contributed by atoms with Gasteiger partial charge >= 0.3 is 0 Å². The zero-order chi connectivity index (χ0) is 23.0. The summed E-state index contributed by atoms with van der Waals surface area (Å²) in [6, 6.07) is 16.5. The predicted molar refractivity (Wildman–Crippen MR) is 128 cm³/mol. The number of amides is 1. The Morgan fingerprint density at radius 2 is 1.70 bits per heavy atom. The molecule has 0 unspecified atom stereocenters. The fourth-order valence-corrected chi connectivity index (χ4v) is 4.87. The molecular formula is C25H30FN5OS. The predicted octanol–water partition coefficient (Wildman–Crippen LogP) is 4.20. The maximum Gasteiger partial charge on any atom is 0.233 e. The molecule has 1 aliphatic heterocycles. The quantitative estimate of drug-likeness (QED) is 0.442. The highest BCUT2D eigenvalue weighted by Crippen LogP contribution is 2.21. The van der Waals surface area contributed by atoms with Crippen molar-refractivity contribution in [3.63, 3.8) is 0 Å². The molecule has 0 spiro atoms. The molecular weight excluding hydrogens is 437 g/mol. The number of thioether (sulfide) groups is 1. The maximum atomic E-state index is 13.1. The molecule has 2 aromatic carbocycles. The number of piperidine rings is 1. The van der Waals surface area contributed by atoms with Crippen molar-refractivity contribution >= 4 is 17.7 Å². The van der Waals surface area contributed by atoms with Crippen LogP contribution in [-0.2, 0) is 24.4 Å². The van der Waals surface area contributed by atoms with Crippen molar-refractivity contribution in [2.24, 2.45) is 0 Å². The van der Waals surface area contributed by atoms with Gasteiger partial charge in [0.1, 0.15) is 11.6 Å². The first-order valence-electron chi connectivity index (χ1n) is 11.4. The Kier molecular flexibility index (Phi) is 8.12. The van der Waals surface area contributed by atoms with Gasteiger partial charge in [-0.25, -0.2) is 4.39 Å². The molecule has 4 rings (SSSR count). The fourth-order valence-electron chi connectivity index (χ4n) is 3.97. The van der Waals surface area contributed by atoms with Gasteiger partial charge in [-0.2, -0.15) is 0 Å². The van der Waals surface area contributed by atoms with E-state index in [4.69, 9.17) is 0 Å². The fraction of sp³-hybridized carbons (Fsp3) is 0.400. The largest absolute Gasteiger partial charge is 0.341 e. The molecule has 0 radical (unpaired) electrons. The van der Waals surface area contributed by atoms with Gasteiger partial charge in [-0.15, -0.1) is 10.2 Å². The second-order valence-corrected chi connectivity index (χ2v) is 9.41. The molecule has 33 heavy (non-hydrogen) atoms. The Bertz CT molecular complexity index is 1030. The minimum absolute atomic E-state index is 0.00355. The second-order valence-electron chi connectivity index (χ2n) is 8.47. The Hall–Kier alpha value is -2.71. The summed E-state index contributed by atoms with van der Waals surface area (Å²) in [6.07, 6.45) is 3.74. The van der Waals surface area contributed by atoms with Crippen molar-refractivity contribution in [1.82, 2.24) is 24.6 Å². The minimum Gasteiger partial charge on any atom is -0.341 e. The van der Waals surface area contributed by atoms with Crippen LogP contribution >= 0.6 is 11.8 Å². The number of hydrogen-bond acceptors (Lipinski definition) is 5. The molecule has 6 nitrogen and oxygen atoms in total. The van der Waals surface area contributed by atoms with Gasteiger partial charge in [0.25, 0.3) is 0 Å². The topological polar surface area (TPSA) is 54.3 Å². The highest BCUT2D eigenvalue weighted by atomic mass is 32.2. The van der Waals surface area contributed by atoms with E-state index in [0.29, 0.717) is 13.1 Å². The number of benzene rings is 2. The number of nitrogens with zero attached hydrogens (tertiary/aromatic N) is 5. The Morgan fingerprint density at radius 1 is 0.970 bits per heavy atom. The Morgan fingerprint density at radius 3 is 2.42 bits per heavy atom. The van der Waals surface area contributed by atoms with Gasteiger partial charge in [-0.05, 0) is 49.2 Å². The molecule has 1 aromatic heterocycles. The smallest absolute Gasteiger partial charge is 0.233 e. The van der Waals surface area contributed by atoms with Gasteiger partial charge in [-0.3, -0.25) is 9.69 Å². The SMILES string of the molecule is CN(Cc1ccc(F)cc1)C(=O)CSc1nnc(CN2CCCCC2)n1Cc1ccccc1. The molecule has 1 aliphatic rings. The van der Waals surface area contributed by atoms with E-state index in [2.05, 4.69) is 31.8 Å². The lowest BCUT2D eigenvalue weighted by molar-refractivity contribution is -0.127. The summed E-state index contributed by atoms with van der Waals surface area (Å²) in [5.74, 6) is 0.932. The summed E-state index contributed by atoms with van der Waals surface area (Å²) in [5.41, 5.74) is 2.08. The number of rotatable bonds is 9. The number of likely N-dealkylation sites (tertiary alicyclic amines) is 1. The third-order valence-corrected chi connectivity index (χ3v) is 6.83. The van der Waals surface area contributed by atoms with Crippen LogP contribution in [0.1, 0.15) is 36.2 Å². The molecule has 0 aliphatic carbocycles. The Labute approximate surface area is 198 Å². The molecule has 2 heterocycles. The van der Waals surface area contributed by atoms with Crippen LogP contribution < -0.4 is 0 Å². The van der Waals surface area contributed by atoms with Crippen molar-refractivity contribution in [2.45, 2.75) is 44.1 Å². The van der Waals surface area contributed by atoms with Gasteiger partial charge in [0.15, 0.2) is 5.16 Å². The van der Waals surface area contributed by atoms with Crippen LogP contribution in [0.25, 0.3) is 0 Å². The molecule has 1 saturated heterocycles. The monoisotopic (exact) mass is 467 g/mol. The molecule has 1 fully saturated rings. The third-order valence-electron chi connectivity index (χ3n) is 5.87. The van der Waals surface area contributed by atoms with Crippen LogP contribution in [-0.4, -0.2) is 56.4 Å². The summed E-state index contributed by atoms with van der Waals surface area (Å²) in [5, 5.41) is 9.69. The van der Waals surface area contributed by atoms with E-state index < -0.39 is 0 Å². The molecule has 0 atom stereocenters. The molecule has 8 heteroatoms. The lowest BCUT2D eigenvalue weighted by Gasteiger charge is -2.26.